The highest BCUT2D eigenvalue weighted by Crippen LogP contribution is 2.64. The molecule has 3 aliphatic rings. The van der Waals surface area contributed by atoms with Crippen LogP contribution < -0.4 is 0 Å². The van der Waals surface area contributed by atoms with E-state index in [4.69, 9.17) is 0 Å². The van der Waals surface area contributed by atoms with Crippen LogP contribution in [0.2, 0.25) is 0 Å². The van der Waals surface area contributed by atoms with Crippen LogP contribution in [0.15, 0.2) is 42.5 Å². The molecule has 3 nitrogen and oxygen atoms in total. The number of carbonyl (C=O) groups is 1. The molecule has 0 amide bonds. The highest BCUT2D eigenvalue weighted by molar-refractivity contribution is 5.86. The molecule has 29 heavy (non-hydrogen) atoms. The average molecular weight is 393 g/mol. The summed E-state index contributed by atoms with van der Waals surface area (Å²) < 4.78 is 0. The molecule has 0 aliphatic heterocycles. The number of ketones is 1. The number of rotatable bonds is 5. The minimum atomic E-state index is -0.188. The molecule has 0 heterocycles. The third-order valence-electron chi connectivity index (χ3n) is 7.81. The zero-order valence-electron chi connectivity index (χ0n) is 17.9. The molecular formula is C26H32O3. The number of phenolic OH excluding ortho intramolecular Hbond substituents is 2. The van der Waals surface area contributed by atoms with Crippen molar-refractivity contribution in [3.63, 3.8) is 0 Å². The SMILES string of the molecule is CC(C)(CCc1ccccc1)c1cc(O)c(C2CC(=O)C3CC2C3(C)C)c(O)c1. The van der Waals surface area contributed by atoms with E-state index < -0.39 is 0 Å². The van der Waals surface area contributed by atoms with Gasteiger partial charge in [0.15, 0.2) is 0 Å². The standard InChI is InChI=1S/C26H32O3/c1-25(2,11-10-16-8-6-5-7-9-16)17-12-22(28)24(23(29)13-17)18-14-21(27)20-15-19(18)26(20,3)4/h5-9,12-13,18-20,28-29H,10-11,14-15H2,1-4H3. The summed E-state index contributed by atoms with van der Waals surface area (Å²) in [5.41, 5.74) is 2.55. The summed E-state index contributed by atoms with van der Waals surface area (Å²) in [5, 5.41) is 21.8. The molecule has 2 bridgehead atoms. The minimum absolute atomic E-state index is 0.0491. The van der Waals surface area contributed by atoms with Crippen LogP contribution in [0.1, 0.15) is 69.6 Å². The first kappa shape index (κ1) is 20.0. The van der Waals surface area contributed by atoms with Crippen molar-refractivity contribution >= 4 is 5.78 Å². The summed E-state index contributed by atoms with van der Waals surface area (Å²) in [5.74, 6) is 0.916. The van der Waals surface area contributed by atoms with E-state index in [9.17, 15) is 15.0 Å². The van der Waals surface area contributed by atoms with Gasteiger partial charge >= 0.3 is 0 Å². The highest BCUT2D eigenvalue weighted by Gasteiger charge is 2.59. The first-order chi connectivity index (χ1) is 13.6. The summed E-state index contributed by atoms with van der Waals surface area (Å²) in [7, 11) is 0. The van der Waals surface area contributed by atoms with E-state index in [1.54, 1.807) is 0 Å². The third-order valence-corrected chi connectivity index (χ3v) is 7.81. The summed E-state index contributed by atoms with van der Waals surface area (Å²) >= 11 is 0. The zero-order valence-corrected chi connectivity index (χ0v) is 17.9. The van der Waals surface area contributed by atoms with E-state index in [1.807, 2.05) is 30.3 Å². The molecule has 154 valence electrons. The molecule has 2 aromatic carbocycles. The van der Waals surface area contributed by atoms with Gasteiger partial charge in [-0.1, -0.05) is 58.0 Å². The van der Waals surface area contributed by atoms with Crippen molar-refractivity contribution in [3.05, 3.63) is 59.2 Å². The predicted octanol–water partition coefficient (Wildman–Crippen LogP) is 5.73. The van der Waals surface area contributed by atoms with E-state index in [0.29, 0.717) is 17.9 Å². The van der Waals surface area contributed by atoms with Crippen molar-refractivity contribution in [2.24, 2.45) is 17.3 Å². The van der Waals surface area contributed by atoms with E-state index in [2.05, 4.69) is 39.8 Å². The zero-order chi connectivity index (χ0) is 21.0. The summed E-state index contributed by atoms with van der Waals surface area (Å²) in [6.07, 6.45) is 3.15. The molecule has 3 atom stereocenters. The quantitative estimate of drug-likeness (QED) is 0.683. The maximum Gasteiger partial charge on any atom is 0.137 e. The van der Waals surface area contributed by atoms with Crippen LogP contribution in [-0.2, 0) is 16.6 Å². The topological polar surface area (TPSA) is 57.5 Å². The van der Waals surface area contributed by atoms with Crippen LogP contribution >= 0.6 is 0 Å². The Morgan fingerprint density at radius 3 is 2.24 bits per heavy atom. The highest BCUT2D eigenvalue weighted by atomic mass is 16.3. The Morgan fingerprint density at radius 1 is 1.07 bits per heavy atom. The molecule has 5 rings (SSSR count). The molecule has 3 heteroatoms. The first-order valence-corrected chi connectivity index (χ1v) is 10.7. The fraction of sp³-hybridized carbons (Fsp3) is 0.500. The number of aryl methyl sites for hydroxylation is 1. The fourth-order valence-electron chi connectivity index (χ4n) is 5.63. The Labute approximate surface area is 173 Å². The van der Waals surface area contributed by atoms with Crippen molar-refractivity contribution in [2.45, 2.75) is 64.7 Å². The lowest BCUT2D eigenvalue weighted by molar-refractivity contribution is -0.151. The Kier molecular flexibility index (Phi) is 4.76. The molecular weight excluding hydrogens is 360 g/mol. The van der Waals surface area contributed by atoms with Gasteiger partial charge in [-0.2, -0.15) is 0 Å². The van der Waals surface area contributed by atoms with Crippen LogP contribution in [0.4, 0.5) is 0 Å². The Morgan fingerprint density at radius 2 is 1.69 bits per heavy atom. The van der Waals surface area contributed by atoms with Crippen molar-refractivity contribution < 1.29 is 15.0 Å². The molecule has 3 unspecified atom stereocenters. The van der Waals surface area contributed by atoms with Gasteiger partial charge in [0.25, 0.3) is 0 Å². The van der Waals surface area contributed by atoms with Gasteiger partial charge in [0.2, 0.25) is 0 Å². The number of hydrogen-bond acceptors (Lipinski definition) is 3. The maximum atomic E-state index is 12.5. The van der Waals surface area contributed by atoms with Crippen LogP contribution in [-0.4, -0.2) is 16.0 Å². The molecule has 3 fully saturated rings. The third kappa shape index (κ3) is 3.35. The molecule has 0 aromatic heterocycles. The lowest BCUT2D eigenvalue weighted by Gasteiger charge is -2.59. The molecule has 0 saturated heterocycles. The molecule has 0 spiro atoms. The first-order valence-electron chi connectivity index (χ1n) is 10.7. The van der Waals surface area contributed by atoms with Crippen LogP contribution in [0.25, 0.3) is 0 Å². The maximum absolute atomic E-state index is 12.5. The van der Waals surface area contributed by atoms with E-state index >= 15 is 0 Å². The predicted molar refractivity (Wildman–Crippen MR) is 115 cm³/mol. The van der Waals surface area contributed by atoms with E-state index in [0.717, 1.165) is 24.8 Å². The number of aromatic hydroxyl groups is 2. The summed E-state index contributed by atoms with van der Waals surface area (Å²) in [6, 6.07) is 14.0. The fourth-order valence-corrected chi connectivity index (χ4v) is 5.63. The van der Waals surface area contributed by atoms with Gasteiger partial charge in [-0.05, 0) is 59.3 Å². The Bertz CT molecular complexity index is 903. The van der Waals surface area contributed by atoms with E-state index in [-0.39, 0.29) is 39.9 Å². The number of phenols is 2. The van der Waals surface area contributed by atoms with Crippen LogP contribution in [0.3, 0.4) is 0 Å². The largest absolute Gasteiger partial charge is 0.508 e. The smallest absolute Gasteiger partial charge is 0.137 e. The Hall–Kier alpha value is -2.29. The molecule has 2 N–H and O–H groups in total. The van der Waals surface area contributed by atoms with Crippen LogP contribution in [0, 0.1) is 17.3 Å². The second-order valence-corrected chi connectivity index (χ2v) is 10.3. The summed E-state index contributed by atoms with van der Waals surface area (Å²) in [4.78, 5) is 12.5. The average Bonchev–Trinajstić information content (AvgIpc) is 2.66. The molecule has 3 aliphatic carbocycles. The lowest BCUT2D eigenvalue weighted by Crippen LogP contribution is -2.56. The van der Waals surface area contributed by atoms with E-state index in [1.165, 1.54) is 5.56 Å². The molecule has 2 aromatic rings. The van der Waals surface area contributed by atoms with Gasteiger partial charge in [-0.15, -0.1) is 0 Å². The van der Waals surface area contributed by atoms with Crippen molar-refractivity contribution in [3.8, 4) is 11.5 Å². The van der Waals surface area contributed by atoms with Crippen molar-refractivity contribution in [2.75, 3.05) is 0 Å². The molecule has 3 saturated carbocycles. The number of Topliss-reactive ketones (excluding diaryl/α,β-unsaturated/α-hetero) is 1. The lowest BCUT2D eigenvalue weighted by atomic mass is 9.44. The van der Waals surface area contributed by atoms with Gasteiger partial charge < -0.3 is 10.2 Å². The van der Waals surface area contributed by atoms with Gasteiger partial charge in [0.1, 0.15) is 17.3 Å². The monoisotopic (exact) mass is 392 g/mol. The molecule has 0 radical (unpaired) electrons. The minimum Gasteiger partial charge on any atom is -0.508 e. The van der Waals surface area contributed by atoms with Crippen LogP contribution in [0.5, 0.6) is 11.5 Å². The van der Waals surface area contributed by atoms with Crippen molar-refractivity contribution in [1.82, 2.24) is 0 Å². The summed E-state index contributed by atoms with van der Waals surface area (Å²) in [6.45, 7) is 8.58. The van der Waals surface area contributed by atoms with Gasteiger partial charge in [0, 0.05) is 23.8 Å². The van der Waals surface area contributed by atoms with Gasteiger partial charge in [0.05, 0.1) is 0 Å². The van der Waals surface area contributed by atoms with Gasteiger partial charge in [-0.25, -0.2) is 0 Å². The number of hydrogen-bond donors (Lipinski definition) is 2. The van der Waals surface area contributed by atoms with Crippen molar-refractivity contribution in [1.29, 1.82) is 0 Å². The number of benzene rings is 2. The number of carbonyl (C=O) groups excluding carboxylic acids is 1. The Balaban J connectivity index is 1.59. The number of fused-ring (bicyclic) bond motifs is 2. The second-order valence-electron chi connectivity index (χ2n) is 10.3. The normalized spacial score (nSPS) is 25.5. The second kappa shape index (κ2) is 6.90. The van der Waals surface area contributed by atoms with Gasteiger partial charge in [-0.3, -0.25) is 4.79 Å².